The highest BCUT2D eigenvalue weighted by atomic mass is 16.5. The second kappa shape index (κ2) is 5.92. The third-order valence-corrected chi connectivity index (χ3v) is 2.03. The molecule has 4 N–H and O–H groups in total. The highest BCUT2D eigenvalue weighted by molar-refractivity contribution is 5.82. The Hall–Kier alpha value is -0.690. The molecule has 1 fully saturated rings. The molecule has 0 radical (unpaired) electrons. The molecule has 0 bridgehead atoms. The topological polar surface area (TPSA) is 90.8 Å². The lowest BCUT2D eigenvalue weighted by Crippen LogP contribution is -2.54. The van der Waals surface area contributed by atoms with Gasteiger partial charge in [0.15, 0.2) is 0 Å². The SMILES string of the molecule is O=C(NC(CO)CO)C1COCCN1. The molecule has 0 aromatic rings. The van der Waals surface area contributed by atoms with E-state index >= 15 is 0 Å². The first kappa shape index (κ1) is 11.4. The van der Waals surface area contributed by atoms with E-state index in [9.17, 15) is 4.79 Å². The van der Waals surface area contributed by atoms with Crippen LogP contribution < -0.4 is 10.6 Å². The van der Waals surface area contributed by atoms with E-state index in [-0.39, 0.29) is 25.2 Å². The minimum absolute atomic E-state index is 0.252. The van der Waals surface area contributed by atoms with Gasteiger partial charge in [0.2, 0.25) is 5.91 Å². The van der Waals surface area contributed by atoms with Gasteiger partial charge in [0, 0.05) is 6.54 Å². The second-order valence-corrected chi connectivity index (χ2v) is 3.15. The maximum absolute atomic E-state index is 11.5. The predicted molar refractivity (Wildman–Crippen MR) is 48.7 cm³/mol. The van der Waals surface area contributed by atoms with E-state index in [2.05, 4.69) is 10.6 Å². The fraction of sp³-hybridized carbons (Fsp3) is 0.875. The number of carbonyl (C=O) groups is 1. The fourth-order valence-electron chi connectivity index (χ4n) is 1.18. The molecule has 1 rings (SSSR count). The summed E-state index contributed by atoms with van der Waals surface area (Å²) < 4.78 is 5.10. The zero-order valence-corrected chi connectivity index (χ0v) is 7.90. The molecule has 1 aliphatic rings. The minimum Gasteiger partial charge on any atom is -0.394 e. The molecule has 1 unspecified atom stereocenters. The molecule has 14 heavy (non-hydrogen) atoms. The quantitative estimate of drug-likeness (QED) is 0.404. The lowest BCUT2D eigenvalue weighted by molar-refractivity contribution is -0.127. The van der Waals surface area contributed by atoms with Gasteiger partial charge >= 0.3 is 0 Å². The first-order valence-electron chi connectivity index (χ1n) is 4.61. The number of nitrogens with one attached hydrogen (secondary N) is 2. The zero-order valence-electron chi connectivity index (χ0n) is 7.90. The van der Waals surface area contributed by atoms with Crippen molar-refractivity contribution in [3.63, 3.8) is 0 Å². The molecule has 1 atom stereocenters. The molecule has 0 aliphatic carbocycles. The molecular formula is C8H16N2O4. The molecule has 0 aromatic carbocycles. The number of morpholine rings is 1. The normalized spacial score (nSPS) is 22.4. The Balaban J connectivity index is 2.32. The van der Waals surface area contributed by atoms with Gasteiger partial charge in [0.25, 0.3) is 0 Å². The number of ether oxygens (including phenoxy) is 1. The smallest absolute Gasteiger partial charge is 0.239 e. The number of hydrogen-bond donors (Lipinski definition) is 4. The lowest BCUT2D eigenvalue weighted by atomic mass is 10.2. The van der Waals surface area contributed by atoms with E-state index < -0.39 is 6.04 Å². The first-order chi connectivity index (χ1) is 6.77. The van der Waals surface area contributed by atoms with E-state index in [1.807, 2.05) is 0 Å². The van der Waals surface area contributed by atoms with E-state index in [0.717, 1.165) is 0 Å². The van der Waals surface area contributed by atoms with E-state index in [1.165, 1.54) is 0 Å². The maximum atomic E-state index is 11.5. The number of aliphatic hydroxyl groups excluding tert-OH is 2. The summed E-state index contributed by atoms with van der Waals surface area (Å²) in [6, 6.07) is -0.976. The highest BCUT2D eigenvalue weighted by Gasteiger charge is 2.22. The molecular weight excluding hydrogens is 188 g/mol. The third kappa shape index (κ3) is 3.22. The largest absolute Gasteiger partial charge is 0.394 e. The molecule has 6 nitrogen and oxygen atoms in total. The summed E-state index contributed by atoms with van der Waals surface area (Å²) in [6.07, 6.45) is 0. The monoisotopic (exact) mass is 204 g/mol. The Labute approximate surface area is 82.3 Å². The van der Waals surface area contributed by atoms with Crippen LogP contribution in [0.15, 0.2) is 0 Å². The number of aliphatic hydroxyl groups is 2. The minimum atomic E-state index is -0.591. The van der Waals surface area contributed by atoms with Gasteiger partial charge in [-0.05, 0) is 0 Å². The first-order valence-corrected chi connectivity index (χ1v) is 4.61. The molecule has 1 heterocycles. The Bertz CT molecular complexity index is 178. The second-order valence-electron chi connectivity index (χ2n) is 3.15. The summed E-state index contributed by atoms with van der Waals surface area (Å²) in [5.41, 5.74) is 0. The van der Waals surface area contributed by atoms with Gasteiger partial charge in [0.1, 0.15) is 6.04 Å². The van der Waals surface area contributed by atoms with Crippen LogP contribution in [0.3, 0.4) is 0 Å². The van der Waals surface area contributed by atoms with Crippen molar-refractivity contribution in [1.82, 2.24) is 10.6 Å². The average molecular weight is 204 g/mol. The summed E-state index contributed by atoms with van der Waals surface area (Å²) >= 11 is 0. The molecule has 0 aromatic heterocycles. The fourth-order valence-corrected chi connectivity index (χ4v) is 1.18. The number of rotatable bonds is 4. The van der Waals surface area contributed by atoms with E-state index in [0.29, 0.717) is 19.8 Å². The third-order valence-electron chi connectivity index (χ3n) is 2.03. The van der Waals surface area contributed by atoms with Crippen molar-refractivity contribution in [2.24, 2.45) is 0 Å². The highest BCUT2D eigenvalue weighted by Crippen LogP contribution is 1.93. The van der Waals surface area contributed by atoms with E-state index in [4.69, 9.17) is 14.9 Å². The van der Waals surface area contributed by atoms with Gasteiger partial charge in [-0.2, -0.15) is 0 Å². The maximum Gasteiger partial charge on any atom is 0.239 e. The van der Waals surface area contributed by atoms with Crippen LogP contribution in [0.25, 0.3) is 0 Å². The van der Waals surface area contributed by atoms with Crippen molar-refractivity contribution in [2.45, 2.75) is 12.1 Å². The molecule has 0 spiro atoms. The zero-order chi connectivity index (χ0) is 10.4. The van der Waals surface area contributed by atoms with Crippen molar-refractivity contribution >= 4 is 5.91 Å². The van der Waals surface area contributed by atoms with Crippen LogP contribution in [0.1, 0.15) is 0 Å². The number of carbonyl (C=O) groups excluding carboxylic acids is 1. The van der Waals surface area contributed by atoms with Gasteiger partial charge < -0.3 is 25.6 Å². The van der Waals surface area contributed by atoms with E-state index in [1.54, 1.807) is 0 Å². The molecule has 1 saturated heterocycles. The van der Waals surface area contributed by atoms with Gasteiger partial charge in [-0.15, -0.1) is 0 Å². The lowest BCUT2D eigenvalue weighted by Gasteiger charge is -2.24. The van der Waals surface area contributed by atoms with Crippen molar-refractivity contribution in [2.75, 3.05) is 33.0 Å². The summed E-state index contributed by atoms with van der Waals surface area (Å²) in [6.45, 7) is 1.04. The van der Waals surface area contributed by atoms with Gasteiger partial charge in [-0.3, -0.25) is 4.79 Å². The summed E-state index contributed by atoms with van der Waals surface area (Å²) in [5, 5.41) is 23.0. The molecule has 6 heteroatoms. The Morgan fingerprint density at radius 3 is 2.79 bits per heavy atom. The Morgan fingerprint density at radius 2 is 2.29 bits per heavy atom. The van der Waals surface area contributed by atoms with Gasteiger partial charge in [-0.25, -0.2) is 0 Å². The van der Waals surface area contributed by atoms with Crippen LogP contribution in [0, 0.1) is 0 Å². The van der Waals surface area contributed by atoms with Crippen molar-refractivity contribution in [1.29, 1.82) is 0 Å². The predicted octanol–water partition coefficient (Wildman–Crippen LogP) is -2.56. The molecule has 1 amide bonds. The van der Waals surface area contributed by atoms with Crippen LogP contribution in [0.5, 0.6) is 0 Å². The van der Waals surface area contributed by atoms with Crippen LogP contribution in [-0.2, 0) is 9.53 Å². The van der Waals surface area contributed by atoms with Crippen LogP contribution in [-0.4, -0.2) is 61.2 Å². The molecule has 82 valence electrons. The Morgan fingerprint density at radius 1 is 1.57 bits per heavy atom. The Kier molecular flexibility index (Phi) is 4.81. The number of amides is 1. The van der Waals surface area contributed by atoms with Crippen molar-refractivity contribution < 1.29 is 19.7 Å². The average Bonchev–Trinajstić information content (AvgIpc) is 2.26. The number of hydrogen-bond acceptors (Lipinski definition) is 5. The molecule has 1 aliphatic heterocycles. The van der Waals surface area contributed by atoms with Gasteiger partial charge in [-0.1, -0.05) is 0 Å². The summed E-state index contributed by atoms with van der Waals surface area (Å²) in [7, 11) is 0. The summed E-state index contributed by atoms with van der Waals surface area (Å²) in [5.74, 6) is -0.252. The standard InChI is InChI=1S/C8H16N2O4/c11-3-6(4-12)10-8(13)7-5-14-2-1-9-7/h6-7,9,11-12H,1-5H2,(H,10,13). The summed E-state index contributed by atoms with van der Waals surface area (Å²) in [4.78, 5) is 11.5. The van der Waals surface area contributed by atoms with Crippen LogP contribution >= 0.6 is 0 Å². The van der Waals surface area contributed by atoms with Crippen molar-refractivity contribution in [3.05, 3.63) is 0 Å². The van der Waals surface area contributed by atoms with Gasteiger partial charge in [0.05, 0.1) is 32.5 Å². The molecule has 0 saturated carbocycles. The van der Waals surface area contributed by atoms with Crippen LogP contribution in [0.4, 0.5) is 0 Å². The van der Waals surface area contributed by atoms with Crippen LogP contribution in [0.2, 0.25) is 0 Å². The van der Waals surface area contributed by atoms with Crippen molar-refractivity contribution in [3.8, 4) is 0 Å².